The highest BCUT2D eigenvalue weighted by molar-refractivity contribution is 8.19. The maximum Gasteiger partial charge on any atom is 0.298 e. The predicted molar refractivity (Wildman–Crippen MR) is 146 cm³/mol. The fourth-order valence-electron chi connectivity index (χ4n) is 5.15. The van der Waals surface area contributed by atoms with Crippen LogP contribution in [-0.2, 0) is 22.6 Å². The average Bonchev–Trinajstić information content (AvgIpc) is 3.35. The number of carbonyl (C=O) groups is 3. The minimum atomic E-state index is -0.399. The van der Waals surface area contributed by atoms with Gasteiger partial charge in [-0.05, 0) is 68.1 Å². The highest BCUT2D eigenvalue weighted by atomic mass is 35.5. The molecule has 8 heteroatoms. The van der Waals surface area contributed by atoms with Crippen molar-refractivity contribution in [1.29, 1.82) is 0 Å². The third kappa shape index (κ3) is 4.46. The fraction of sp³-hybridized carbons (Fsp3) is 0.321. The van der Waals surface area contributed by atoms with E-state index in [1.807, 2.05) is 27.8 Å². The van der Waals surface area contributed by atoms with Crippen LogP contribution >= 0.6 is 23.4 Å². The summed E-state index contributed by atoms with van der Waals surface area (Å²) in [4.78, 5) is 42.7. The van der Waals surface area contributed by atoms with Gasteiger partial charge in [-0.3, -0.25) is 14.4 Å². The normalized spacial score (nSPS) is 19.6. The van der Waals surface area contributed by atoms with E-state index in [-0.39, 0.29) is 23.7 Å². The molecule has 6 nitrogen and oxygen atoms in total. The molecule has 2 aliphatic heterocycles. The number of likely N-dealkylation sites (tertiary alicyclic amines) is 1. The van der Waals surface area contributed by atoms with Crippen LogP contribution in [0.25, 0.3) is 17.0 Å². The van der Waals surface area contributed by atoms with Crippen molar-refractivity contribution in [3.63, 3.8) is 0 Å². The van der Waals surface area contributed by atoms with Crippen molar-refractivity contribution in [3.8, 4) is 0 Å². The number of imide groups is 1. The van der Waals surface area contributed by atoms with Crippen molar-refractivity contribution in [2.45, 2.75) is 52.1 Å². The fourth-order valence-corrected chi connectivity index (χ4v) is 6.19. The zero-order chi connectivity index (χ0) is 25.4. The van der Waals surface area contributed by atoms with Gasteiger partial charge in [0.25, 0.3) is 11.1 Å². The van der Waals surface area contributed by atoms with Crippen LogP contribution in [0.4, 0.5) is 10.5 Å². The van der Waals surface area contributed by atoms with Crippen molar-refractivity contribution >= 4 is 63.1 Å². The number of thioether (sulfide) groups is 1. The second kappa shape index (κ2) is 10.1. The van der Waals surface area contributed by atoms with Gasteiger partial charge in [0.15, 0.2) is 0 Å². The van der Waals surface area contributed by atoms with E-state index < -0.39 is 5.91 Å². The Labute approximate surface area is 219 Å². The maximum atomic E-state index is 13.3. The van der Waals surface area contributed by atoms with Gasteiger partial charge in [0.05, 0.1) is 21.1 Å². The van der Waals surface area contributed by atoms with Crippen LogP contribution < -0.4 is 4.90 Å². The van der Waals surface area contributed by atoms with E-state index in [0.29, 0.717) is 15.6 Å². The van der Waals surface area contributed by atoms with Gasteiger partial charge < -0.3 is 9.47 Å². The summed E-state index contributed by atoms with van der Waals surface area (Å²) in [5.41, 5.74) is 3.32. The lowest BCUT2D eigenvalue weighted by molar-refractivity contribution is -0.135. The molecule has 5 rings (SSSR count). The Balaban J connectivity index is 1.52. The Morgan fingerprint density at radius 3 is 2.69 bits per heavy atom. The summed E-state index contributed by atoms with van der Waals surface area (Å²) >= 11 is 7.17. The second-order valence-corrected chi connectivity index (χ2v) is 10.7. The Hall–Kier alpha value is -3.03. The van der Waals surface area contributed by atoms with Crippen LogP contribution in [0.1, 0.15) is 44.2 Å². The van der Waals surface area contributed by atoms with E-state index in [4.69, 9.17) is 11.6 Å². The van der Waals surface area contributed by atoms with Gasteiger partial charge in [-0.2, -0.15) is 0 Å². The van der Waals surface area contributed by atoms with Gasteiger partial charge in [0, 0.05) is 29.7 Å². The van der Waals surface area contributed by atoms with Gasteiger partial charge in [0.1, 0.15) is 6.54 Å². The standard InChI is InChI=1S/C28H28ClN3O3S/c1-3-19-10-8-11-21-20(16-30(26(19)21)17-25(33)31-14-7-6-9-18(31)2)15-24-27(34)32(28(35)36-24)23-13-5-4-12-22(23)29/h4-5,8,10-13,15-16,18H,3,6-7,9,14,17H2,1-2H3/b24-15-/t18-/m0/s1. The van der Waals surface area contributed by atoms with E-state index >= 15 is 0 Å². The first-order valence-corrected chi connectivity index (χ1v) is 13.5. The summed E-state index contributed by atoms with van der Waals surface area (Å²) in [5.74, 6) is -0.292. The van der Waals surface area contributed by atoms with E-state index in [1.165, 1.54) is 0 Å². The molecule has 0 spiro atoms. The van der Waals surface area contributed by atoms with Gasteiger partial charge in [0.2, 0.25) is 5.91 Å². The number of hydrogen-bond acceptors (Lipinski definition) is 4. The smallest absolute Gasteiger partial charge is 0.298 e. The summed E-state index contributed by atoms with van der Waals surface area (Å²) in [6, 6.07) is 13.1. The number of aromatic nitrogens is 1. The Morgan fingerprint density at radius 1 is 1.14 bits per heavy atom. The molecule has 36 heavy (non-hydrogen) atoms. The molecule has 0 bridgehead atoms. The van der Waals surface area contributed by atoms with Crippen LogP contribution in [0, 0.1) is 0 Å². The van der Waals surface area contributed by atoms with Crippen molar-refractivity contribution in [2.24, 2.45) is 0 Å². The zero-order valence-electron chi connectivity index (χ0n) is 20.4. The lowest BCUT2D eigenvalue weighted by Crippen LogP contribution is -2.43. The minimum Gasteiger partial charge on any atom is -0.338 e. The quantitative estimate of drug-likeness (QED) is 0.359. The zero-order valence-corrected chi connectivity index (χ0v) is 21.9. The monoisotopic (exact) mass is 521 g/mol. The molecule has 0 aliphatic carbocycles. The number of fused-ring (bicyclic) bond motifs is 1. The molecule has 3 amide bonds. The average molecular weight is 522 g/mol. The number of amides is 3. The number of nitrogens with zero attached hydrogens (tertiary/aromatic N) is 3. The molecule has 3 aromatic rings. The topological polar surface area (TPSA) is 62.6 Å². The molecule has 3 heterocycles. The number of halogens is 1. The molecular weight excluding hydrogens is 494 g/mol. The largest absolute Gasteiger partial charge is 0.338 e. The number of carbonyl (C=O) groups excluding carboxylic acids is 3. The van der Waals surface area contributed by atoms with Crippen LogP contribution in [0.2, 0.25) is 5.02 Å². The van der Waals surface area contributed by atoms with Crippen LogP contribution in [0.5, 0.6) is 0 Å². The third-order valence-electron chi connectivity index (χ3n) is 7.00. The molecule has 0 N–H and O–H groups in total. The van der Waals surface area contributed by atoms with Gasteiger partial charge in [-0.25, -0.2) is 4.90 Å². The SMILES string of the molecule is CCc1cccc2c(/C=C3\SC(=O)N(c4ccccc4Cl)C3=O)cn(CC(=O)N3CCCC[C@@H]3C)c12. The summed E-state index contributed by atoms with van der Waals surface area (Å²) < 4.78 is 2.00. The first kappa shape index (κ1) is 24.7. The Bertz CT molecular complexity index is 1400. The Morgan fingerprint density at radius 2 is 1.94 bits per heavy atom. The number of aryl methyl sites for hydroxylation is 1. The summed E-state index contributed by atoms with van der Waals surface area (Å²) in [6.45, 7) is 5.24. The molecule has 1 atom stereocenters. The van der Waals surface area contributed by atoms with E-state index in [1.54, 1.807) is 30.3 Å². The van der Waals surface area contributed by atoms with Crippen molar-refractivity contribution in [3.05, 3.63) is 69.7 Å². The van der Waals surface area contributed by atoms with Crippen LogP contribution in [0.3, 0.4) is 0 Å². The number of rotatable bonds is 5. The van der Waals surface area contributed by atoms with Crippen molar-refractivity contribution < 1.29 is 14.4 Å². The summed E-state index contributed by atoms with van der Waals surface area (Å²) in [6.07, 6.45) is 7.73. The summed E-state index contributed by atoms with van der Waals surface area (Å²) in [5, 5.41) is 0.917. The highest BCUT2D eigenvalue weighted by Crippen LogP contribution is 2.39. The molecule has 0 radical (unpaired) electrons. The number of benzene rings is 2. The van der Waals surface area contributed by atoms with Crippen molar-refractivity contribution in [2.75, 3.05) is 11.4 Å². The van der Waals surface area contributed by atoms with E-state index in [9.17, 15) is 14.4 Å². The van der Waals surface area contributed by atoms with Gasteiger partial charge in [-0.1, -0.05) is 48.9 Å². The Kier molecular flexibility index (Phi) is 6.95. The predicted octanol–water partition coefficient (Wildman–Crippen LogP) is 6.50. The maximum absolute atomic E-state index is 13.3. The first-order chi connectivity index (χ1) is 17.4. The third-order valence-corrected chi connectivity index (χ3v) is 8.19. The van der Waals surface area contributed by atoms with E-state index in [0.717, 1.165) is 70.9 Å². The molecule has 2 aromatic carbocycles. The molecule has 2 aliphatic rings. The first-order valence-electron chi connectivity index (χ1n) is 12.3. The molecule has 186 valence electrons. The minimum absolute atomic E-state index is 0.107. The lowest BCUT2D eigenvalue weighted by Gasteiger charge is -2.33. The molecule has 0 saturated carbocycles. The van der Waals surface area contributed by atoms with Crippen LogP contribution in [0.15, 0.2) is 53.6 Å². The highest BCUT2D eigenvalue weighted by Gasteiger charge is 2.37. The molecule has 2 saturated heterocycles. The molecule has 0 unspecified atom stereocenters. The van der Waals surface area contributed by atoms with E-state index in [2.05, 4.69) is 19.9 Å². The van der Waals surface area contributed by atoms with Crippen molar-refractivity contribution in [1.82, 2.24) is 9.47 Å². The van der Waals surface area contributed by atoms with Gasteiger partial charge >= 0.3 is 0 Å². The molecule has 1 aromatic heterocycles. The number of hydrogen-bond donors (Lipinski definition) is 0. The summed E-state index contributed by atoms with van der Waals surface area (Å²) in [7, 11) is 0. The molecule has 2 fully saturated rings. The number of piperidine rings is 1. The van der Waals surface area contributed by atoms with Gasteiger partial charge in [-0.15, -0.1) is 0 Å². The van der Waals surface area contributed by atoms with Crippen LogP contribution in [-0.4, -0.2) is 39.1 Å². The molecular formula is C28H28ClN3O3S. The number of anilines is 1. The second-order valence-electron chi connectivity index (χ2n) is 9.28. The lowest BCUT2D eigenvalue weighted by atomic mass is 10.0. The number of para-hydroxylation sites is 2.